The van der Waals surface area contributed by atoms with Gasteiger partial charge in [0.25, 0.3) is 5.91 Å². The van der Waals surface area contributed by atoms with Gasteiger partial charge in [-0.1, -0.05) is 18.3 Å². The highest BCUT2D eigenvalue weighted by atomic mass is 32.1. The Kier molecular flexibility index (Phi) is 11.7. The van der Waals surface area contributed by atoms with E-state index in [0.717, 1.165) is 17.7 Å². The van der Waals surface area contributed by atoms with E-state index in [2.05, 4.69) is 25.9 Å². The number of methoxy groups -OCH3 is 1. The van der Waals surface area contributed by atoms with Gasteiger partial charge in [-0.2, -0.15) is 0 Å². The minimum atomic E-state index is -1.04. The van der Waals surface area contributed by atoms with Gasteiger partial charge in [-0.15, -0.1) is 0 Å². The van der Waals surface area contributed by atoms with Gasteiger partial charge in [-0.25, -0.2) is 23.4 Å². The van der Waals surface area contributed by atoms with E-state index in [9.17, 15) is 19.2 Å². The number of hydrogen-bond acceptors (Lipinski definition) is 12. The number of ether oxygens (including phenoxy) is 4. The summed E-state index contributed by atoms with van der Waals surface area (Å²) < 4.78 is 52.1. The number of nitrogens with one attached hydrogen (secondary N) is 3. The lowest BCUT2D eigenvalue weighted by atomic mass is 9.94. The third-order valence-electron chi connectivity index (χ3n) is 8.34. The Hall–Kier alpha value is -5.06. The molecule has 1 aliphatic carbocycles. The highest BCUT2D eigenvalue weighted by Gasteiger charge is 2.36. The number of esters is 1. The van der Waals surface area contributed by atoms with Crippen molar-refractivity contribution < 1.29 is 46.9 Å². The average molecular weight is 773 g/mol. The lowest BCUT2D eigenvalue weighted by molar-refractivity contribution is -0.146. The van der Waals surface area contributed by atoms with Crippen LogP contribution in [0.1, 0.15) is 96.1 Å². The van der Waals surface area contributed by atoms with Crippen LogP contribution in [0.2, 0.25) is 0 Å². The third-order valence-corrected chi connectivity index (χ3v) is 9.33. The molecule has 3 amide bonds. The number of pyridine rings is 1. The van der Waals surface area contributed by atoms with Crippen LogP contribution >= 0.6 is 11.3 Å². The molecule has 1 fully saturated rings. The monoisotopic (exact) mass is 772 g/mol. The number of hydrogen-bond donors (Lipinski definition) is 3. The van der Waals surface area contributed by atoms with Crippen molar-refractivity contribution in [3.63, 3.8) is 0 Å². The van der Waals surface area contributed by atoms with Crippen LogP contribution in [0.3, 0.4) is 0 Å². The van der Waals surface area contributed by atoms with Crippen molar-refractivity contribution in [3.8, 4) is 16.3 Å². The summed E-state index contributed by atoms with van der Waals surface area (Å²) in [5.41, 5.74) is -0.332. The highest BCUT2D eigenvalue weighted by Crippen LogP contribution is 2.44. The van der Waals surface area contributed by atoms with Gasteiger partial charge in [-0.3, -0.25) is 19.9 Å². The van der Waals surface area contributed by atoms with Crippen LogP contribution in [0.15, 0.2) is 18.3 Å². The number of alkyl carbamates (subject to hydrolysis) is 1. The smallest absolute Gasteiger partial charge is 0.412 e. The fourth-order valence-electron chi connectivity index (χ4n) is 6.50. The number of carbonyl (C=O) groups is 4. The molecule has 0 saturated carbocycles. The summed E-state index contributed by atoms with van der Waals surface area (Å²) in [5.74, 6) is -3.43. The highest BCUT2D eigenvalue weighted by molar-refractivity contribution is 7.19. The largest absolute Gasteiger partial charge is 0.494 e. The number of aromatic nitrogens is 2. The minimum Gasteiger partial charge on any atom is -0.494 e. The molecule has 0 bridgehead atoms. The lowest BCUT2D eigenvalue weighted by Crippen LogP contribution is -2.51. The van der Waals surface area contributed by atoms with Crippen molar-refractivity contribution in [3.05, 3.63) is 46.9 Å². The van der Waals surface area contributed by atoms with Crippen molar-refractivity contribution >= 4 is 51.8 Å². The van der Waals surface area contributed by atoms with Gasteiger partial charge in [0.1, 0.15) is 33.1 Å². The summed E-state index contributed by atoms with van der Waals surface area (Å²) in [6.07, 6.45) is 0.969. The first-order valence-corrected chi connectivity index (χ1v) is 18.3. The van der Waals surface area contributed by atoms with E-state index in [1.165, 1.54) is 20.2 Å². The molecule has 1 aliphatic heterocycles. The molecule has 292 valence electrons. The SMILES string of the molecule is COc1ccc(F)c(-c2nc(C(=O)Nc3cnc4c(c3N3C[C@H](C)C[C@H](NC(=O)OC(C)(C)C)C3)CCC4OC(C)=O)c(NC(=O)OC(C)(C)C)s2)c1F. The zero-order valence-corrected chi connectivity index (χ0v) is 32.6. The van der Waals surface area contributed by atoms with Crippen LogP contribution in [0.4, 0.5) is 34.7 Å². The minimum absolute atomic E-state index is 0.0927. The summed E-state index contributed by atoms with van der Waals surface area (Å²) in [6.45, 7) is 14.6. The summed E-state index contributed by atoms with van der Waals surface area (Å²) in [5, 5.41) is 7.98. The van der Waals surface area contributed by atoms with Gasteiger partial charge in [0, 0.05) is 31.6 Å². The van der Waals surface area contributed by atoms with E-state index in [1.54, 1.807) is 41.5 Å². The molecule has 3 heterocycles. The molecule has 0 radical (unpaired) electrons. The van der Waals surface area contributed by atoms with Gasteiger partial charge < -0.3 is 34.5 Å². The second-order valence-corrected chi connectivity index (χ2v) is 16.3. The topological polar surface area (TPSA) is 170 Å². The molecule has 2 aromatic heterocycles. The molecule has 54 heavy (non-hydrogen) atoms. The molecular formula is C37H46F2N6O8S. The van der Waals surface area contributed by atoms with E-state index in [0.29, 0.717) is 55.1 Å². The van der Waals surface area contributed by atoms with E-state index >= 15 is 8.78 Å². The number of amides is 3. The van der Waals surface area contributed by atoms with Crippen LogP contribution in [0.5, 0.6) is 5.75 Å². The average Bonchev–Trinajstić information content (AvgIpc) is 3.62. The third kappa shape index (κ3) is 9.53. The maximum absolute atomic E-state index is 15.4. The van der Waals surface area contributed by atoms with Gasteiger partial charge >= 0.3 is 18.2 Å². The zero-order valence-electron chi connectivity index (χ0n) is 31.8. The second-order valence-electron chi connectivity index (χ2n) is 15.3. The molecule has 0 spiro atoms. The molecule has 1 unspecified atom stereocenters. The van der Waals surface area contributed by atoms with Crippen LogP contribution < -0.4 is 25.6 Å². The number of nitrogens with zero attached hydrogens (tertiary/aromatic N) is 3. The van der Waals surface area contributed by atoms with Crippen molar-refractivity contribution in [2.45, 2.75) is 98.0 Å². The summed E-state index contributed by atoms with van der Waals surface area (Å²) in [6, 6.07) is 1.81. The van der Waals surface area contributed by atoms with Crippen LogP contribution in [0, 0.1) is 17.6 Å². The summed E-state index contributed by atoms with van der Waals surface area (Å²) >= 11 is 0.676. The van der Waals surface area contributed by atoms with Gasteiger partial charge in [0.15, 0.2) is 17.3 Å². The Balaban J connectivity index is 1.56. The predicted molar refractivity (Wildman–Crippen MR) is 198 cm³/mol. The van der Waals surface area contributed by atoms with Crippen LogP contribution in [-0.4, -0.2) is 71.5 Å². The Labute approximate surface area is 316 Å². The Bertz CT molecular complexity index is 1940. The van der Waals surface area contributed by atoms with Gasteiger partial charge in [0.05, 0.1) is 35.9 Å². The first-order valence-electron chi connectivity index (χ1n) is 17.5. The lowest BCUT2D eigenvalue weighted by Gasteiger charge is -2.40. The normalized spacial score (nSPS) is 18.4. The van der Waals surface area contributed by atoms with Crippen molar-refractivity contribution in [1.82, 2.24) is 15.3 Å². The number of thiazole rings is 1. The summed E-state index contributed by atoms with van der Waals surface area (Å²) in [7, 11) is 1.23. The first-order chi connectivity index (χ1) is 25.2. The second kappa shape index (κ2) is 15.7. The Morgan fingerprint density at radius 3 is 2.31 bits per heavy atom. The zero-order chi connectivity index (χ0) is 39.7. The van der Waals surface area contributed by atoms with Gasteiger partial charge in [0.2, 0.25) is 0 Å². The number of piperidine rings is 1. The quantitative estimate of drug-likeness (QED) is 0.154. The number of fused-ring (bicyclic) bond motifs is 1. The Morgan fingerprint density at radius 2 is 1.67 bits per heavy atom. The molecular weight excluding hydrogens is 727 g/mol. The number of benzene rings is 1. The fourth-order valence-corrected chi connectivity index (χ4v) is 7.49. The molecule has 17 heteroatoms. The van der Waals surface area contributed by atoms with Crippen LogP contribution in [0.25, 0.3) is 10.6 Å². The first kappa shape index (κ1) is 40.1. The maximum Gasteiger partial charge on any atom is 0.412 e. The standard InChI is InChI=1S/C37H46F2N6O8S/c1-18-14-20(41-34(48)52-36(3,4)5)17-45(16-18)30-21-10-12-25(51-19(2)46)28(21)40-15-23(30)42-31(47)29-33(44-35(49)53-37(6,7)8)54-32(43-29)26-22(38)11-13-24(50-9)27(26)39/h11,13,15,18,20,25H,10,12,14,16-17H2,1-9H3,(H,41,48)(H,42,47)(H,44,49)/t18-,20+,25?/m1/s1. The number of rotatable bonds is 8. The van der Waals surface area contributed by atoms with E-state index in [-0.39, 0.29) is 39.1 Å². The molecule has 14 nitrogen and oxygen atoms in total. The van der Waals surface area contributed by atoms with Crippen LogP contribution in [-0.2, 0) is 25.4 Å². The molecule has 2 aliphatic rings. The molecule has 3 aromatic rings. The van der Waals surface area contributed by atoms with Crippen molar-refractivity contribution in [1.29, 1.82) is 0 Å². The predicted octanol–water partition coefficient (Wildman–Crippen LogP) is 7.38. The van der Waals surface area contributed by atoms with Crippen molar-refractivity contribution in [2.24, 2.45) is 5.92 Å². The Morgan fingerprint density at radius 1 is 0.981 bits per heavy atom. The number of halogens is 2. The van der Waals surface area contributed by atoms with Gasteiger partial charge in [-0.05, 0) is 78.9 Å². The molecule has 5 rings (SSSR count). The molecule has 1 aromatic carbocycles. The van der Waals surface area contributed by atoms with E-state index < -0.39 is 58.6 Å². The fraction of sp³-hybridized carbons (Fsp3) is 0.514. The van der Waals surface area contributed by atoms with Crippen molar-refractivity contribution in [2.75, 3.05) is 35.7 Å². The van der Waals surface area contributed by atoms with E-state index in [4.69, 9.17) is 18.9 Å². The molecule has 3 atom stereocenters. The molecule has 1 saturated heterocycles. The summed E-state index contributed by atoms with van der Waals surface area (Å²) in [4.78, 5) is 62.8. The number of anilines is 3. The molecule has 3 N–H and O–H groups in total. The maximum atomic E-state index is 15.4. The number of carbonyl (C=O) groups excluding carboxylic acids is 4. The van der Waals surface area contributed by atoms with E-state index in [1.807, 2.05) is 11.8 Å².